The van der Waals surface area contributed by atoms with Crippen LogP contribution in [0.1, 0.15) is 5.56 Å². The van der Waals surface area contributed by atoms with E-state index in [1.165, 1.54) is 24.3 Å². The summed E-state index contributed by atoms with van der Waals surface area (Å²) in [4.78, 5) is 0.108. The fourth-order valence-corrected chi connectivity index (χ4v) is 3.37. The molecule has 0 fully saturated rings. The van der Waals surface area contributed by atoms with E-state index in [1.807, 2.05) is 0 Å². The van der Waals surface area contributed by atoms with Gasteiger partial charge in [-0.15, -0.1) is 0 Å². The fraction of sp³-hybridized carbons (Fsp3) is 0.143. The molecule has 2 aromatic carbocycles. The molecule has 0 bridgehead atoms. The third kappa shape index (κ3) is 4.03. The minimum atomic E-state index is -3.64. The van der Waals surface area contributed by atoms with Gasteiger partial charge in [-0.2, -0.15) is 0 Å². The summed E-state index contributed by atoms with van der Waals surface area (Å²) in [5.74, 6) is -0.341. The van der Waals surface area contributed by atoms with Crippen LogP contribution in [0.15, 0.2) is 51.8 Å². The van der Waals surface area contributed by atoms with E-state index < -0.39 is 10.0 Å². The van der Waals surface area contributed by atoms with E-state index >= 15 is 0 Å². The van der Waals surface area contributed by atoms with E-state index in [1.54, 1.807) is 18.2 Å². The molecule has 2 rings (SSSR count). The minimum Gasteiger partial charge on any atom is -0.398 e. The molecule has 112 valence electrons. The molecule has 3 N–H and O–H groups in total. The predicted octanol–water partition coefficient (Wildman–Crippen LogP) is 2.69. The van der Waals surface area contributed by atoms with Crippen LogP contribution in [0.2, 0.25) is 0 Å². The summed E-state index contributed by atoms with van der Waals surface area (Å²) in [7, 11) is -3.64. The van der Waals surface area contributed by atoms with Crippen molar-refractivity contribution in [2.24, 2.45) is 0 Å². The molecule has 0 aliphatic rings. The van der Waals surface area contributed by atoms with Gasteiger partial charge in [0.1, 0.15) is 5.82 Å². The van der Waals surface area contributed by atoms with E-state index in [2.05, 4.69) is 20.7 Å². The van der Waals surface area contributed by atoms with Gasteiger partial charge in [-0.3, -0.25) is 0 Å². The third-order valence-electron chi connectivity index (χ3n) is 2.93. The normalized spacial score (nSPS) is 11.5. The van der Waals surface area contributed by atoms with Crippen LogP contribution in [0.5, 0.6) is 0 Å². The number of nitrogens with one attached hydrogen (secondary N) is 1. The Morgan fingerprint density at radius 1 is 1.19 bits per heavy atom. The zero-order valence-corrected chi connectivity index (χ0v) is 13.4. The van der Waals surface area contributed by atoms with Gasteiger partial charge in [0.15, 0.2) is 0 Å². The van der Waals surface area contributed by atoms with Crippen molar-refractivity contribution < 1.29 is 12.8 Å². The summed E-state index contributed by atoms with van der Waals surface area (Å²) in [5.41, 5.74) is 6.55. The number of halogens is 2. The van der Waals surface area contributed by atoms with Crippen molar-refractivity contribution in [3.05, 3.63) is 58.3 Å². The van der Waals surface area contributed by atoms with Crippen molar-refractivity contribution in [2.45, 2.75) is 11.3 Å². The topological polar surface area (TPSA) is 72.2 Å². The molecule has 0 heterocycles. The molecule has 4 nitrogen and oxygen atoms in total. The molecule has 0 aromatic heterocycles. The summed E-state index contributed by atoms with van der Waals surface area (Å²) < 4.78 is 40.6. The van der Waals surface area contributed by atoms with Crippen LogP contribution in [0.3, 0.4) is 0 Å². The molecule has 0 atom stereocenters. The van der Waals surface area contributed by atoms with E-state index in [0.29, 0.717) is 15.7 Å². The molecule has 21 heavy (non-hydrogen) atoms. The Morgan fingerprint density at radius 3 is 2.57 bits per heavy atom. The lowest BCUT2D eigenvalue weighted by molar-refractivity contribution is 0.577. The van der Waals surface area contributed by atoms with Crippen molar-refractivity contribution in [1.82, 2.24) is 4.72 Å². The third-order valence-corrected chi connectivity index (χ3v) is 5.07. The second-order valence-corrected chi connectivity index (χ2v) is 7.04. The summed E-state index contributed by atoms with van der Waals surface area (Å²) in [6, 6.07) is 10.6. The largest absolute Gasteiger partial charge is 0.398 e. The fourth-order valence-electron chi connectivity index (χ4n) is 1.78. The smallest absolute Gasteiger partial charge is 0.240 e. The van der Waals surface area contributed by atoms with Crippen LogP contribution in [0, 0.1) is 5.82 Å². The molecular weight excluding hydrogens is 359 g/mol. The standard InChI is InChI=1S/C14H14BrFN2O2S/c15-12-9-11(5-6-14(12)17)21(19,20)18-8-7-10-3-1-2-4-13(10)16/h1-6,9,18H,7-8,17H2. The molecule has 0 spiro atoms. The Morgan fingerprint density at radius 2 is 1.90 bits per heavy atom. The maximum Gasteiger partial charge on any atom is 0.240 e. The first-order valence-corrected chi connectivity index (χ1v) is 8.46. The van der Waals surface area contributed by atoms with Crippen molar-refractivity contribution in [2.75, 3.05) is 12.3 Å². The van der Waals surface area contributed by atoms with E-state index in [0.717, 1.165) is 0 Å². The Bertz CT molecular complexity index is 750. The van der Waals surface area contributed by atoms with E-state index in [9.17, 15) is 12.8 Å². The lowest BCUT2D eigenvalue weighted by atomic mass is 10.1. The number of anilines is 1. The van der Waals surface area contributed by atoms with Crippen LogP contribution >= 0.6 is 15.9 Å². The molecule has 0 aliphatic heterocycles. The van der Waals surface area contributed by atoms with E-state index in [-0.39, 0.29) is 23.7 Å². The summed E-state index contributed by atoms with van der Waals surface area (Å²) in [6.45, 7) is 0.116. The average molecular weight is 373 g/mol. The number of nitrogen functional groups attached to an aromatic ring is 1. The molecular formula is C14H14BrFN2O2S. The summed E-state index contributed by atoms with van der Waals surface area (Å²) in [5, 5.41) is 0. The van der Waals surface area contributed by atoms with Crippen LogP contribution in [0.4, 0.5) is 10.1 Å². The lowest BCUT2D eigenvalue weighted by Gasteiger charge is -2.08. The second kappa shape index (κ2) is 6.55. The first-order chi connectivity index (χ1) is 9.90. The first kappa shape index (κ1) is 15.9. The van der Waals surface area contributed by atoms with Gasteiger partial charge in [-0.25, -0.2) is 17.5 Å². The van der Waals surface area contributed by atoms with Gasteiger partial charge in [-0.1, -0.05) is 18.2 Å². The first-order valence-electron chi connectivity index (χ1n) is 6.18. The second-order valence-electron chi connectivity index (χ2n) is 4.42. The van der Waals surface area contributed by atoms with Gasteiger partial charge in [0.25, 0.3) is 0 Å². The average Bonchev–Trinajstić information content (AvgIpc) is 2.44. The molecule has 0 amide bonds. The van der Waals surface area contributed by atoms with Crippen molar-refractivity contribution in [1.29, 1.82) is 0 Å². The number of benzene rings is 2. The van der Waals surface area contributed by atoms with E-state index in [4.69, 9.17) is 5.73 Å². The molecule has 2 aromatic rings. The Balaban J connectivity index is 2.05. The number of rotatable bonds is 5. The van der Waals surface area contributed by atoms with Gasteiger partial charge < -0.3 is 5.73 Å². The van der Waals surface area contributed by atoms with Crippen LogP contribution in [-0.4, -0.2) is 15.0 Å². The van der Waals surface area contributed by atoms with Gasteiger partial charge in [0, 0.05) is 16.7 Å². The van der Waals surface area contributed by atoms with Crippen molar-refractivity contribution in [3.63, 3.8) is 0 Å². The monoisotopic (exact) mass is 372 g/mol. The highest BCUT2D eigenvalue weighted by molar-refractivity contribution is 9.10. The van der Waals surface area contributed by atoms with Crippen molar-refractivity contribution >= 4 is 31.6 Å². The van der Waals surface area contributed by atoms with Gasteiger partial charge >= 0.3 is 0 Å². The Labute approximate surface area is 131 Å². The Kier molecular flexibility index (Phi) is 4.97. The van der Waals surface area contributed by atoms with Crippen molar-refractivity contribution in [3.8, 4) is 0 Å². The van der Waals surface area contributed by atoms with Crippen LogP contribution in [0.25, 0.3) is 0 Å². The number of hydrogen-bond donors (Lipinski definition) is 2. The highest BCUT2D eigenvalue weighted by atomic mass is 79.9. The molecule has 0 aliphatic carbocycles. The van der Waals surface area contributed by atoms with Gasteiger partial charge in [0.05, 0.1) is 4.90 Å². The molecule has 0 radical (unpaired) electrons. The minimum absolute atomic E-state index is 0.108. The zero-order valence-electron chi connectivity index (χ0n) is 11.0. The van der Waals surface area contributed by atoms with Crippen LogP contribution < -0.4 is 10.5 Å². The number of sulfonamides is 1. The quantitative estimate of drug-likeness (QED) is 0.792. The highest BCUT2D eigenvalue weighted by Crippen LogP contribution is 2.22. The summed E-state index contributed by atoms with van der Waals surface area (Å²) >= 11 is 3.19. The SMILES string of the molecule is Nc1ccc(S(=O)(=O)NCCc2ccccc2F)cc1Br. The maximum absolute atomic E-state index is 13.4. The van der Waals surface area contributed by atoms with Gasteiger partial charge in [-0.05, 0) is 52.2 Å². The summed E-state index contributed by atoms with van der Waals surface area (Å²) in [6.07, 6.45) is 0.280. The number of nitrogens with two attached hydrogens (primary N) is 1. The predicted molar refractivity (Wildman–Crippen MR) is 83.8 cm³/mol. The van der Waals surface area contributed by atoms with Gasteiger partial charge in [0.2, 0.25) is 10.0 Å². The Hall–Kier alpha value is -1.44. The lowest BCUT2D eigenvalue weighted by Crippen LogP contribution is -2.26. The molecule has 0 unspecified atom stereocenters. The number of hydrogen-bond acceptors (Lipinski definition) is 3. The maximum atomic E-state index is 13.4. The molecule has 0 saturated carbocycles. The molecule has 0 saturated heterocycles. The van der Waals surface area contributed by atoms with Crippen LogP contribution in [-0.2, 0) is 16.4 Å². The highest BCUT2D eigenvalue weighted by Gasteiger charge is 2.14. The molecule has 7 heteroatoms. The zero-order chi connectivity index (χ0) is 15.5.